The van der Waals surface area contributed by atoms with Crippen molar-refractivity contribution in [2.75, 3.05) is 6.54 Å². The van der Waals surface area contributed by atoms with E-state index in [1.54, 1.807) is 17.9 Å². The summed E-state index contributed by atoms with van der Waals surface area (Å²) in [6, 6.07) is 6.24. The van der Waals surface area contributed by atoms with Crippen molar-refractivity contribution in [2.45, 2.75) is 39.0 Å². The van der Waals surface area contributed by atoms with Crippen LogP contribution in [0.5, 0.6) is 0 Å². The number of carbonyl (C=O) groups is 1. The number of fused-ring (bicyclic) bond motifs is 2. The van der Waals surface area contributed by atoms with Crippen LogP contribution in [-0.2, 0) is 24.3 Å². The van der Waals surface area contributed by atoms with Gasteiger partial charge in [0.05, 0.1) is 41.6 Å². The highest BCUT2D eigenvalue weighted by atomic mass is 19.1. The Morgan fingerprint density at radius 1 is 1.38 bits per heavy atom. The molecule has 136 valence electrons. The number of hydrogen-bond donors (Lipinski definition) is 2. The van der Waals surface area contributed by atoms with Gasteiger partial charge < -0.3 is 15.0 Å². The van der Waals surface area contributed by atoms with E-state index in [4.69, 9.17) is 0 Å². The maximum Gasteiger partial charge on any atom is 0.223 e. The molecule has 0 saturated carbocycles. The number of aryl methyl sites for hydroxylation is 1. The number of nitrogens with one attached hydrogen (secondary N) is 1. The zero-order chi connectivity index (χ0) is 18.3. The number of amides is 1. The van der Waals surface area contributed by atoms with Crippen LogP contribution in [-0.4, -0.2) is 42.2 Å². The first-order valence-electron chi connectivity index (χ1n) is 8.66. The number of H-pyrrole nitrogens is 1. The number of nitrogens with zero attached hydrogens (tertiary/aromatic N) is 4. The average Bonchev–Trinajstić information content (AvgIpc) is 3.22. The molecule has 1 amide bonds. The Hall–Kier alpha value is -2.74. The van der Waals surface area contributed by atoms with Crippen LogP contribution in [0.15, 0.2) is 24.3 Å². The van der Waals surface area contributed by atoms with E-state index >= 15 is 0 Å². The summed E-state index contributed by atoms with van der Waals surface area (Å²) in [4.78, 5) is 21.8. The first-order valence-corrected chi connectivity index (χ1v) is 8.66. The fourth-order valence-corrected chi connectivity index (χ4v) is 3.24. The number of hydrogen-bond acceptors (Lipinski definition) is 4. The lowest BCUT2D eigenvalue weighted by atomic mass is 10.2. The quantitative estimate of drug-likeness (QED) is 0.747. The van der Waals surface area contributed by atoms with Crippen LogP contribution >= 0.6 is 0 Å². The fraction of sp³-hybridized carbons (Fsp3) is 0.389. The van der Waals surface area contributed by atoms with E-state index in [1.807, 2.05) is 10.7 Å². The molecule has 8 heteroatoms. The van der Waals surface area contributed by atoms with Gasteiger partial charge in [0.1, 0.15) is 11.6 Å². The molecule has 2 N–H and O–H groups in total. The van der Waals surface area contributed by atoms with Gasteiger partial charge in [0.25, 0.3) is 0 Å². The maximum absolute atomic E-state index is 13.2. The summed E-state index contributed by atoms with van der Waals surface area (Å²) in [6.45, 7) is 3.39. The summed E-state index contributed by atoms with van der Waals surface area (Å²) in [6.07, 6.45) is 0.193. The molecule has 1 atom stereocenters. The van der Waals surface area contributed by atoms with Gasteiger partial charge in [-0.3, -0.25) is 9.48 Å². The van der Waals surface area contributed by atoms with Crippen molar-refractivity contribution in [1.29, 1.82) is 0 Å². The van der Waals surface area contributed by atoms with E-state index in [9.17, 15) is 14.3 Å². The number of carbonyl (C=O) groups excluding carboxylic acids is 1. The van der Waals surface area contributed by atoms with Crippen LogP contribution < -0.4 is 0 Å². The molecule has 0 spiro atoms. The Morgan fingerprint density at radius 3 is 3.04 bits per heavy atom. The molecule has 7 nitrogen and oxygen atoms in total. The number of aromatic nitrogens is 4. The highest BCUT2D eigenvalue weighted by Gasteiger charge is 2.23. The number of benzene rings is 1. The average molecular weight is 357 g/mol. The van der Waals surface area contributed by atoms with Crippen LogP contribution in [0.2, 0.25) is 0 Å². The SMILES string of the molecule is C[C@@H](O)c1cc2n(n1)CCN(C(=O)CCc1nc3ccc(F)cc3[nH]1)C2. The Bertz CT molecular complexity index is 962. The highest BCUT2D eigenvalue weighted by Crippen LogP contribution is 2.19. The number of imidazole rings is 1. The molecular formula is C18H20FN5O2. The molecule has 2 aromatic heterocycles. The van der Waals surface area contributed by atoms with E-state index in [2.05, 4.69) is 15.1 Å². The van der Waals surface area contributed by atoms with Gasteiger partial charge >= 0.3 is 0 Å². The van der Waals surface area contributed by atoms with Crippen LogP contribution in [0.25, 0.3) is 11.0 Å². The Labute approximate surface area is 149 Å². The molecule has 0 bridgehead atoms. The first-order chi connectivity index (χ1) is 12.5. The van der Waals surface area contributed by atoms with E-state index in [-0.39, 0.29) is 11.7 Å². The molecule has 1 aliphatic rings. The molecule has 3 heterocycles. The van der Waals surface area contributed by atoms with Gasteiger partial charge in [-0.05, 0) is 31.2 Å². The van der Waals surface area contributed by atoms with E-state index < -0.39 is 6.10 Å². The maximum atomic E-state index is 13.2. The highest BCUT2D eigenvalue weighted by molar-refractivity contribution is 5.77. The van der Waals surface area contributed by atoms with E-state index in [0.29, 0.717) is 55.0 Å². The van der Waals surface area contributed by atoms with Gasteiger partial charge in [-0.15, -0.1) is 0 Å². The van der Waals surface area contributed by atoms with Gasteiger partial charge in [-0.2, -0.15) is 5.10 Å². The minimum atomic E-state index is -0.616. The number of aromatic amines is 1. The molecular weight excluding hydrogens is 337 g/mol. The number of rotatable bonds is 4. The molecule has 26 heavy (non-hydrogen) atoms. The predicted molar refractivity (Wildman–Crippen MR) is 92.7 cm³/mol. The van der Waals surface area contributed by atoms with Gasteiger partial charge in [0.2, 0.25) is 5.91 Å². The third-order valence-corrected chi connectivity index (χ3v) is 4.67. The molecule has 0 saturated heterocycles. The molecule has 0 fully saturated rings. The Kier molecular flexibility index (Phi) is 4.20. The van der Waals surface area contributed by atoms with Crippen molar-refractivity contribution in [3.63, 3.8) is 0 Å². The first kappa shape index (κ1) is 16.7. The summed E-state index contributed by atoms with van der Waals surface area (Å²) >= 11 is 0. The zero-order valence-corrected chi connectivity index (χ0v) is 14.4. The minimum Gasteiger partial charge on any atom is -0.387 e. The number of aliphatic hydroxyl groups excluding tert-OH is 1. The molecule has 0 aliphatic carbocycles. The van der Waals surface area contributed by atoms with Gasteiger partial charge in [-0.1, -0.05) is 0 Å². The van der Waals surface area contributed by atoms with Crippen LogP contribution in [0.4, 0.5) is 4.39 Å². The topological polar surface area (TPSA) is 87.0 Å². The van der Waals surface area contributed by atoms with Crippen molar-refractivity contribution >= 4 is 16.9 Å². The second kappa shape index (κ2) is 6.53. The molecule has 0 unspecified atom stereocenters. The largest absolute Gasteiger partial charge is 0.387 e. The van der Waals surface area contributed by atoms with E-state index in [1.165, 1.54) is 12.1 Å². The van der Waals surface area contributed by atoms with Gasteiger partial charge in [0, 0.05) is 19.4 Å². The zero-order valence-electron chi connectivity index (χ0n) is 14.4. The predicted octanol–water partition coefficient (Wildman–Crippen LogP) is 1.93. The smallest absolute Gasteiger partial charge is 0.223 e. The number of aliphatic hydroxyl groups is 1. The second-order valence-corrected chi connectivity index (χ2v) is 6.62. The lowest BCUT2D eigenvalue weighted by molar-refractivity contribution is -0.132. The molecule has 1 aromatic carbocycles. The summed E-state index contributed by atoms with van der Waals surface area (Å²) in [5, 5.41) is 14.0. The van der Waals surface area contributed by atoms with Crippen LogP contribution in [0.1, 0.15) is 36.7 Å². The third-order valence-electron chi connectivity index (χ3n) is 4.67. The second-order valence-electron chi connectivity index (χ2n) is 6.62. The van der Waals surface area contributed by atoms with Crippen LogP contribution in [0, 0.1) is 5.82 Å². The fourth-order valence-electron chi connectivity index (χ4n) is 3.24. The summed E-state index contributed by atoms with van der Waals surface area (Å²) < 4.78 is 15.1. The molecule has 1 aliphatic heterocycles. The van der Waals surface area contributed by atoms with Gasteiger partial charge in [0.15, 0.2) is 0 Å². The standard InChI is InChI=1S/C18H20FN5O2/c1-11(25)15-9-13-10-23(6-7-24(13)22-15)18(26)5-4-17-20-14-3-2-12(19)8-16(14)21-17/h2-3,8-9,11,25H,4-7,10H2,1H3,(H,20,21)/t11-/m1/s1. The normalized spacial score (nSPS) is 15.3. The Balaban J connectivity index is 1.40. The summed E-state index contributed by atoms with van der Waals surface area (Å²) in [5.74, 6) is 0.408. The monoisotopic (exact) mass is 357 g/mol. The molecule has 3 aromatic rings. The van der Waals surface area contributed by atoms with Crippen molar-refractivity contribution in [2.24, 2.45) is 0 Å². The van der Waals surface area contributed by atoms with E-state index in [0.717, 1.165) is 5.69 Å². The Morgan fingerprint density at radius 2 is 2.23 bits per heavy atom. The van der Waals surface area contributed by atoms with Crippen molar-refractivity contribution in [3.8, 4) is 0 Å². The molecule has 4 rings (SSSR count). The minimum absolute atomic E-state index is 0.0442. The summed E-state index contributed by atoms with van der Waals surface area (Å²) in [5.41, 5.74) is 2.89. The van der Waals surface area contributed by atoms with Crippen molar-refractivity contribution in [3.05, 3.63) is 47.3 Å². The summed E-state index contributed by atoms with van der Waals surface area (Å²) in [7, 11) is 0. The van der Waals surface area contributed by atoms with Crippen LogP contribution in [0.3, 0.4) is 0 Å². The lowest BCUT2D eigenvalue weighted by Gasteiger charge is -2.27. The van der Waals surface area contributed by atoms with Crippen molar-refractivity contribution < 1.29 is 14.3 Å². The van der Waals surface area contributed by atoms with Gasteiger partial charge in [-0.25, -0.2) is 9.37 Å². The lowest BCUT2D eigenvalue weighted by Crippen LogP contribution is -2.38. The molecule has 0 radical (unpaired) electrons. The number of halogens is 1. The third kappa shape index (κ3) is 3.20. The van der Waals surface area contributed by atoms with Crippen molar-refractivity contribution in [1.82, 2.24) is 24.6 Å².